The molecule has 1 heterocycles. The van der Waals surface area contributed by atoms with E-state index in [-0.39, 0.29) is 0 Å². The summed E-state index contributed by atoms with van der Waals surface area (Å²) in [5.41, 5.74) is 0.495. The van der Waals surface area contributed by atoms with Gasteiger partial charge in [0.15, 0.2) is 0 Å². The number of rotatable bonds is 6. The molecule has 1 rings (SSSR count). The Morgan fingerprint density at radius 3 is 2.33 bits per heavy atom. The first kappa shape index (κ1) is 16.0. The molecule has 1 fully saturated rings. The van der Waals surface area contributed by atoms with Gasteiger partial charge in [-0.1, -0.05) is 34.1 Å². The molecule has 0 aromatic rings. The first-order chi connectivity index (χ1) is 8.45. The zero-order chi connectivity index (χ0) is 13.6. The standard InChI is InChI=1S/C16H34N2/c1-6-7-10-17-13-14(2)18-11-8-15(9-12-18)16(3,4)5/h14-15,17H,6-13H2,1-5H3. The van der Waals surface area contributed by atoms with Gasteiger partial charge in [-0.15, -0.1) is 0 Å². The summed E-state index contributed by atoms with van der Waals surface area (Å²) >= 11 is 0. The predicted molar refractivity (Wildman–Crippen MR) is 81.0 cm³/mol. The minimum Gasteiger partial charge on any atom is -0.315 e. The quantitative estimate of drug-likeness (QED) is 0.730. The summed E-state index contributed by atoms with van der Waals surface area (Å²) in [6.07, 6.45) is 5.35. The summed E-state index contributed by atoms with van der Waals surface area (Å²) in [6.45, 7) is 16.7. The molecule has 2 nitrogen and oxygen atoms in total. The molecule has 0 spiro atoms. The van der Waals surface area contributed by atoms with Crippen LogP contribution in [0.1, 0.15) is 60.3 Å². The highest BCUT2D eigenvalue weighted by Crippen LogP contribution is 2.34. The van der Waals surface area contributed by atoms with Crippen LogP contribution in [0.5, 0.6) is 0 Å². The summed E-state index contributed by atoms with van der Waals surface area (Å²) in [5.74, 6) is 0.911. The second-order valence-electron chi connectivity index (χ2n) is 7.08. The molecule has 1 unspecified atom stereocenters. The van der Waals surface area contributed by atoms with E-state index in [9.17, 15) is 0 Å². The minimum absolute atomic E-state index is 0.495. The molecule has 0 saturated carbocycles. The average molecular weight is 254 g/mol. The normalized spacial score (nSPS) is 21.2. The van der Waals surface area contributed by atoms with Crippen LogP contribution >= 0.6 is 0 Å². The van der Waals surface area contributed by atoms with Crippen LogP contribution in [-0.2, 0) is 0 Å². The van der Waals surface area contributed by atoms with Crippen molar-refractivity contribution in [3.63, 3.8) is 0 Å². The Labute approximate surface area is 115 Å². The molecule has 0 aliphatic carbocycles. The third-order valence-electron chi connectivity index (χ3n) is 4.52. The molecular formula is C16H34N2. The second-order valence-corrected chi connectivity index (χ2v) is 7.08. The predicted octanol–water partition coefficient (Wildman–Crippen LogP) is 3.52. The van der Waals surface area contributed by atoms with Crippen LogP contribution in [0.25, 0.3) is 0 Å². The number of hydrogen-bond acceptors (Lipinski definition) is 2. The van der Waals surface area contributed by atoms with Crippen molar-refractivity contribution >= 4 is 0 Å². The third kappa shape index (κ3) is 5.27. The highest BCUT2D eigenvalue weighted by atomic mass is 15.2. The molecule has 0 aromatic heterocycles. The van der Waals surface area contributed by atoms with E-state index in [1.54, 1.807) is 0 Å². The Morgan fingerprint density at radius 2 is 1.83 bits per heavy atom. The number of likely N-dealkylation sites (tertiary alicyclic amines) is 1. The van der Waals surface area contributed by atoms with Gasteiger partial charge < -0.3 is 5.32 Å². The van der Waals surface area contributed by atoms with E-state index in [0.29, 0.717) is 11.5 Å². The summed E-state index contributed by atoms with van der Waals surface area (Å²) < 4.78 is 0. The Bertz CT molecular complexity index is 212. The number of nitrogens with one attached hydrogen (secondary N) is 1. The van der Waals surface area contributed by atoms with Crippen LogP contribution in [0.2, 0.25) is 0 Å². The van der Waals surface area contributed by atoms with Gasteiger partial charge in [0.25, 0.3) is 0 Å². The maximum atomic E-state index is 3.58. The van der Waals surface area contributed by atoms with E-state index in [1.165, 1.54) is 45.3 Å². The lowest BCUT2D eigenvalue weighted by Crippen LogP contribution is -2.46. The van der Waals surface area contributed by atoms with Crippen LogP contribution in [0.15, 0.2) is 0 Å². The van der Waals surface area contributed by atoms with Crippen molar-refractivity contribution in [2.75, 3.05) is 26.2 Å². The van der Waals surface area contributed by atoms with Crippen molar-refractivity contribution in [1.82, 2.24) is 10.2 Å². The molecular weight excluding hydrogens is 220 g/mol. The lowest BCUT2D eigenvalue weighted by molar-refractivity contribution is 0.0875. The van der Waals surface area contributed by atoms with E-state index >= 15 is 0 Å². The molecule has 1 aliphatic heterocycles. The SMILES string of the molecule is CCCCNCC(C)N1CCC(C(C)(C)C)CC1. The first-order valence-corrected chi connectivity index (χ1v) is 7.90. The van der Waals surface area contributed by atoms with Crippen molar-refractivity contribution in [2.24, 2.45) is 11.3 Å². The zero-order valence-electron chi connectivity index (χ0n) is 13.3. The van der Waals surface area contributed by atoms with Crippen molar-refractivity contribution in [1.29, 1.82) is 0 Å². The van der Waals surface area contributed by atoms with Crippen LogP contribution in [0.3, 0.4) is 0 Å². The molecule has 0 amide bonds. The molecule has 0 radical (unpaired) electrons. The Kier molecular flexibility index (Phi) is 6.65. The average Bonchev–Trinajstić information content (AvgIpc) is 2.33. The first-order valence-electron chi connectivity index (χ1n) is 7.90. The largest absolute Gasteiger partial charge is 0.315 e. The van der Waals surface area contributed by atoms with Crippen LogP contribution in [-0.4, -0.2) is 37.1 Å². The van der Waals surface area contributed by atoms with Gasteiger partial charge in [-0.05, 0) is 57.2 Å². The number of unbranched alkanes of at least 4 members (excludes halogenated alkanes) is 1. The summed E-state index contributed by atoms with van der Waals surface area (Å²) in [6, 6.07) is 0.697. The zero-order valence-corrected chi connectivity index (χ0v) is 13.3. The van der Waals surface area contributed by atoms with Crippen LogP contribution in [0, 0.1) is 11.3 Å². The molecule has 0 aromatic carbocycles. The molecule has 1 N–H and O–H groups in total. The summed E-state index contributed by atoms with van der Waals surface area (Å²) in [5, 5.41) is 3.58. The highest BCUT2D eigenvalue weighted by molar-refractivity contribution is 4.83. The van der Waals surface area contributed by atoms with Gasteiger partial charge >= 0.3 is 0 Å². The fourth-order valence-electron chi connectivity index (χ4n) is 2.95. The minimum atomic E-state index is 0.495. The fourth-order valence-corrected chi connectivity index (χ4v) is 2.95. The fraction of sp³-hybridized carbons (Fsp3) is 1.00. The van der Waals surface area contributed by atoms with Crippen molar-refractivity contribution in [2.45, 2.75) is 66.3 Å². The van der Waals surface area contributed by atoms with Gasteiger partial charge in [-0.25, -0.2) is 0 Å². The molecule has 1 saturated heterocycles. The van der Waals surface area contributed by atoms with E-state index < -0.39 is 0 Å². The number of nitrogens with zero attached hydrogens (tertiary/aromatic N) is 1. The van der Waals surface area contributed by atoms with Gasteiger partial charge in [-0.2, -0.15) is 0 Å². The molecule has 0 bridgehead atoms. The molecule has 2 heteroatoms. The smallest absolute Gasteiger partial charge is 0.0192 e. The van der Waals surface area contributed by atoms with Crippen molar-refractivity contribution < 1.29 is 0 Å². The van der Waals surface area contributed by atoms with Crippen molar-refractivity contribution in [3.8, 4) is 0 Å². The van der Waals surface area contributed by atoms with Crippen LogP contribution < -0.4 is 5.32 Å². The highest BCUT2D eigenvalue weighted by Gasteiger charge is 2.29. The lowest BCUT2D eigenvalue weighted by Gasteiger charge is -2.41. The summed E-state index contributed by atoms with van der Waals surface area (Å²) in [4.78, 5) is 2.67. The lowest BCUT2D eigenvalue weighted by atomic mass is 9.75. The van der Waals surface area contributed by atoms with Gasteiger partial charge in [-0.3, -0.25) is 4.90 Å². The van der Waals surface area contributed by atoms with E-state index in [4.69, 9.17) is 0 Å². The third-order valence-corrected chi connectivity index (χ3v) is 4.52. The number of hydrogen-bond donors (Lipinski definition) is 1. The maximum Gasteiger partial charge on any atom is 0.0192 e. The van der Waals surface area contributed by atoms with Gasteiger partial charge in [0.05, 0.1) is 0 Å². The van der Waals surface area contributed by atoms with Gasteiger partial charge in [0, 0.05) is 12.6 Å². The molecule has 18 heavy (non-hydrogen) atoms. The molecule has 1 aliphatic rings. The number of piperidine rings is 1. The Morgan fingerprint density at radius 1 is 1.22 bits per heavy atom. The maximum absolute atomic E-state index is 3.58. The van der Waals surface area contributed by atoms with E-state index in [2.05, 4.69) is 44.8 Å². The summed E-state index contributed by atoms with van der Waals surface area (Å²) in [7, 11) is 0. The molecule has 1 atom stereocenters. The monoisotopic (exact) mass is 254 g/mol. The topological polar surface area (TPSA) is 15.3 Å². The Hall–Kier alpha value is -0.0800. The molecule has 108 valence electrons. The Balaban J connectivity index is 2.21. The van der Waals surface area contributed by atoms with Gasteiger partial charge in [0.2, 0.25) is 0 Å². The van der Waals surface area contributed by atoms with E-state index in [1.807, 2.05) is 0 Å². The van der Waals surface area contributed by atoms with E-state index in [0.717, 1.165) is 12.5 Å². The second kappa shape index (κ2) is 7.49. The van der Waals surface area contributed by atoms with Crippen LogP contribution in [0.4, 0.5) is 0 Å². The van der Waals surface area contributed by atoms with Gasteiger partial charge in [0.1, 0.15) is 0 Å². The van der Waals surface area contributed by atoms with Crippen molar-refractivity contribution in [3.05, 3.63) is 0 Å².